The van der Waals surface area contributed by atoms with Crippen molar-refractivity contribution < 1.29 is 0 Å². The predicted molar refractivity (Wildman–Crippen MR) is 94.5 cm³/mol. The summed E-state index contributed by atoms with van der Waals surface area (Å²) >= 11 is 0. The molecule has 2 aromatic heterocycles. The van der Waals surface area contributed by atoms with E-state index in [1.165, 1.54) is 5.56 Å². The van der Waals surface area contributed by atoms with Gasteiger partial charge in [0.15, 0.2) is 0 Å². The molecule has 4 heteroatoms. The average Bonchev–Trinajstić information content (AvgIpc) is 2.95. The molecule has 0 saturated carbocycles. The quantitative estimate of drug-likeness (QED) is 0.662. The number of pyridine rings is 1. The first-order valence-corrected chi connectivity index (χ1v) is 7.98. The SMILES string of the molecule is CC(C)(C)c1ccc2ncc(-c3cn(C(C)(C)C)nn3)cc2c1. The third kappa shape index (κ3) is 3.11. The Morgan fingerprint density at radius 1 is 0.957 bits per heavy atom. The summed E-state index contributed by atoms with van der Waals surface area (Å²) in [4.78, 5) is 4.58. The zero-order chi connectivity index (χ0) is 16.8. The lowest BCUT2D eigenvalue weighted by Crippen LogP contribution is -2.22. The monoisotopic (exact) mass is 308 g/mol. The van der Waals surface area contributed by atoms with Crippen molar-refractivity contribution in [3.63, 3.8) is 0 Å². The molecule has 0 aliphatic heterocycles. The minimum absolute atomic E-state index is 0.0745. The molecule has 0 fully saturated rings. The Morgan fingerprint density at radius 2 is 1.70 bits per heavy atom. The Hall–Kier alpha value is -2.23. The highest BCUT2D eigenvalue weighted by Gasteiger charge is 2.17. The van der Waals surface area contributed by atoms with Gasteiger partial charge >= 0.3 is 0 Å². The number of nitrogens with zero attached hydrogens (tertiary/aromatic N) is 4. The van der Waals surface area contributed by atoms with E-state index in [4.69, 9.17) is 0 Å². The topological polar surface area (TPSA) is 43.6 Å². The molecule has 0 N–H and O–H groups in total. The van der Waals surface area contributed by atoms with Gasteiger partial charge < -0.3 is 0 Å². The molecule has 0 atom stereocenters. The van der Waals surface area contributed by atoms with Crippen molar-refractivity contribution in [1.29, 1.82) is 0 Å². The van der Waals surface area contributed by atoms with Crippen LogP contribution >= 0.6 is 0 Å². The Morgan fingerprint density at radius 3 is 2.30 bits per heavy atom. The van der Waals surface area contributed by atoms with Gasteiger partial charge in [-0.3, -0.25) is 4.98 Å². The minimum Gasteiger partial charge on any atom is -0.256 e. The second-order valence-electron chi connectivity index (χ2n) is 8.10. The van der Waals surface area contributed by atoms with Gasteiger partial charge in [-0.2, -0.15) is 0 Å². The molecule has 3 rings (SSSR count). The number of aromatic nitrogens is 4. The molecule has 4 nitrogen and oxygen atoms in total. The molecule has 23 heavy (non-hydrogen) atoms. The van der Waals surface area contributed by atoms with Gasteiger partial charge in [-0.15, -0.1) is 5.10 Å². The smallest absolute Gasteiger partial charge is 0.114 e. The van der Waals surface area contributed by atoms with Crippen molar-refractivity contribution in [3.05, 3.63) is 42.2 Å². The maximum Gasteiger partial charge on any atom is 0.114 e. The van der Waals surface area contributed by atoms with Crippen LogP contribution in [-0.4, -0.2) is 20.0 Å². The number of benzene rings is 1. The Kier molecular flexibility index (Phi) is 3.51. The van der Waals surface area contributed by atoms with E-state index >= 15 is 0 Å². The first kappa shape index (κ1) is 15.7. The van der Waals surface area contributed by atoms with Crippen LogP contribution in [0.15, 0.2) is 36.7 Å². The lowest BCUT2D eigenvalue weighted by molar-refractivity contribution is 0.347. The van der Waals surface area contributed by atoms with Gasteiger partial charge in [0.1, 0.15) is 5.69 Å². The van der Waals surface area contributed by atoms with Gasteiger partial charge in [-0.05, 0) is 49.9 Å². The van der Waals surface area contributed by atoms with Crippen LogP contribution in [0.2, 0.25) is 0 Å². The van der Waals surface area contributed by atoms with Crippen LogP contribution in [0.25, 0.3) is 22.2 Å². The normalized spacial score (nSPS) is 12.8. The summed E-state index contributed by atoms with van der Waals surface area (Å²) in [6, 6.07) is 8.62. The van der Waals surface area contributed by atoms with E-state index in [9.17, 15) is 0 Å². The number of hydrogen-bond acceptors (Lipinski definition) is 3. The zero-order valence-corrected chi connectivity index (χ0v) is 14.8. The van der Waals surface area contributed by atoms with Gasteiger partial charge in [0.2, 0.25) is 0 Å². The fraction of sp³-hybridized carbons (Fsp3) is 0.421. The highest BCUT2D eigenvalue weighted by Crippen LogP contribution is 2.28. The molecule has 0 aliphatic rings. The predicted octanol–water partition coefficient (Wildman–Crippen LogP) is 4.55. The molecule has 120 valence electrons. The van der Waals surface area contributed by atoms with Crippen LogP contribution in [0.3, 0.4) is 0 Å². The standard InChI is InChI=1S/C19H24N4/c1-18(2,3)15-7-8-16-13(10-15)9-14(11-20-16)17-12-23(22-21-17)19(4,5)6/h7-12H,1-6H3. The number of hydrogen-bond donors (Lipinski definition) is 0. The highest BCUT2D eigenvalue weighted by atomic mass is 15.4. The maximum absolute atomic E-state index is 4.58. The fourth-order valence-corrected chi connectivity index (χ4v) is 2.46. The van der Waals surface area contributed by atoms with E-state index < -0.39 is 0 Å². The van der Waals surface area contributed by atoms with Crippen LogP contribution in [-0.2, 0) is 11.0 Å². The van der Waals surface area contributed by atoms with Gasteiger partial charge in [0.25, 0.3) is 0 Å². The molecule has 0 spiro atoms. The van der Waals surface area contributed by atoms with E-state index in [0.29, 0.717) is 0 Å². The second kappa shape index (κ2) is 5.15. The molecule has 1 aromatic carbocycles. The van der Waals surface area contributed by atoms with E-state index in [2.05, 4.69) is 81.1 Å². The minimum atomic E-state index is -0.0745. The maximum atomic E-state index is 4.58. The lowest BCUT2D eigenvalue weighted by Gasteiger charge is -2.19. The summed E-state index contributed by atoms with van der Waals surface area (Å²) in [6.45, 7) is 13.0. The van der Waals surface area contributed by atoms with Crippen molar-refractivity contribution in [1.82, 2.24) is 20.0 Å². The zero-order valence-electron chi connectivity index (χ0n) is 14.8. The molecule has 0 amide bonds. The van der Waals surface area contributed by atoms with Crippen LogP contribution in [0.5, 0.6) is 0 Å². The molecule has 0 bridgehead atoms. The molecule has 0 radical (unpaired) electrons. The fourth-order valence-electron chi connectivity index (χ4n) is 2.46. The van der Waals surface area contributed by atoms with Crippen LogP contribution in [0.4, 0.5) is 0 Å². The summed E-state index contributed by atoms with van der Waals surface area (Å²) in [5, 5.41) is 9.68. The third-order valence-corrected chi connectivity index (χ3v) is 4.02. The summed E-state index contributed by atoms with van der Waals surface area (Å²) in [5.41, 5.74) is 4.22. The molecular weight excluding hydrogens is 284 g/mol. The molecule has 0 aliphatic carbocycles. The summed E-state index contributed by atoms with van der Waals surface area (Å²) < 4.78 is 1.89. The van der Waals surface area contributed by atoms with Crippen molar-refractivity contribution in [2.75, 3.05) is 0 Å². The van der Waals surface area contributed by atoms with Crippen LogP contribution in [0.1, 0.15) is 47.1 Å². The second-order valence-corrected chi connectivity index (χ2v) is 8.10. The lowest BCUT2D eigenvalue weighted by atomic mass is 9.86. The molecule has 3 aromatic rings. The largest absolute Gasteiger partial charge is 0.256 e. The Balaban J connectivity index is 2.07. The van der Waals surface area contributed by atoms with Crippen molar-refractivity contribution >= 4 is 10.9 Å². The molecular formula is C19H24N4. The molecule has 0 saturated heterocycles. The van der Waals surface area contributed by atoms with E-state index in [-0.39, 0.29) is 11.0 Å². The van der Waals surface area contributed by atoms with Crippen molar-refractivity contribution in [2.45, 2.75) is 52.5 Å². The summed E-state index contributed by atoms with van der Waals surface area (Å²) in [6.07, 6.45) is 3.85. The molecule has 2 heterocycles. The first-order valence-electron chi connectivity index (χ1n) is 7.98. The van der Waals surface area contributed by atoms with Gasteiger partial charge in [0, 0.05) is 17.1 Å². The summed E-state index contributed by atoms with van der Waals surface area (Å²) in [7, 11) is 0. The van der Waals surface area contributed by atoms with E-state index in [0.717, 1.165) is 22.2 Å². The van der Waals surface area contributed by atoms with Gasteiger partial charge in [-0.1, -0.05) is 32.1 Å². The van der Waals surface area contributed by atoms with Crippen molar-refractivity contribution in [3.8, 4) is 11.3 Å². The third-order valence-electron chi connectivity index (χ3n) is 4.02. The van der Waals surface area contributed by atoms with Gasteiger partial charge in [0.05, 0.1) is 17.3 Å². The average molecular weight is 308 g/mol. The molecule has 0 unspecified atom stereocenters. The van der Waals surface area contributed by atoms with E-state index in [1.807, 2.05) is 17.1 Å². The summed E-state index contributed by atoms with van der Waals surface area (Å²) in [5.74, 6) is 0. The van der Waals surface area contributed by atoms with Crippen LogP contribution in [0, 0.1) is 0 Å². The van der Waals surface area contributed by atoms with Gasteiger partial charge in [-0.25, -0.2) is 4.68 Å². The number of rotatable bonds is 1. The Bertz CT molecular complexity index is 848. The Labute approximate surface area is 137 Å². The highest BCUT2D eigenvalue weighted by molar-refractivity contribution is 5.83. The van der Waals surface area contributed by atoms with Crippen molar-refractivity contribution in [2.24, 2.45) is 0 Å². The first-order chi connectivity index (χ1) is 10.6. The van der Waals surface area contributed by atoms with E-state index in [1.54, 1.807) is 0 Å². The number of fused-ring (bicyclic) bond motifs is 1. The van der Waals surface area contributed by atoms with Crippen LogP contribution < -0.4 is 0 Å².